The fourth-order valence-corrected chi connectivity index (χ4v) is 4.30. The van der Waals surface area contributed by atoms with Crippen molar-refractivity contribution in [3.63, 3.8) is 0 Å². The van der Waals surface area contributed by atoms with Crippen LogP contribution >= 0.6 is 0 Å². The van der Waals surface area contributed by atoms with Gasteiger partial charge in [0.25, 0.3) is 0 Å². The number of hydrogen-bond acceptors (Lipinski definition) is 3. The van der Waals surface area contributed by atoms with Gasteiger partial charge in [-0.25, -0.2) is 8.42 Å². The third-order valence-corrected chi connectivity index (χ3v) is 5.95. The Labute approximate surface area is 106 Å². The van der Waals surface area contributed by atoms with Gasteiger partial charge in [-0.15, -0.1) is 0 Å². The minimum atomic E-state index is -3.14. The van der Waals surface area contributed by atoms with Gasteiger partial charge in [0, 0.05) is 19.1 Å². The lowest BCUT2D eigenvalue weighted by atomic mass is 10.2. The molecule has 1 atom stereocenters. The average Bonchev–Trinajstić information content (AvgIpc) is 2.79. The number of nitrogens with one attached hydrogen (secondary N) is 1. The average molecular weight is 262 g/mol. The number of rotatable bonds is 7. The summed E-state index contributed by atoms with van der Waals surface area (Å²) in [6.45, 7) is 7.69. The van der Waals surface area contributed by atoms with Crippen LogP contribution in [0.25, 0.3) is 0 Å². The van der Waals surface area contributed by atoms with E-state index in [0.29, 0.717) is 13.1 Å². The molecule has 0 bridgehead atoms. The fraction of sp³-hybridized carbons (Fsp3) is 1.00. The van der Waals surface area contributed by atoms with Crippen LogP contribution in [0.2, 0.25) is 0 Å². The molecule has 0 aromatic rings. The third kappa shape index (κ3) is 3.66. The van der Waals surface area contributed by atoms with E-state index in [2.05, 4.69) is 5.32 Å². The van der Waals surface area contributed by atoms with E-state index < -0.39 is 10.0 Å². The predicted molar refractivity (Wildman–Crippen MR) is 71.6 cm³/mol. The quantitative estimate of drug-likeness (QED) is 0.758. The maximum absolute atomic E-state index is 12.4. The van der Waals surface area contributed by atoms with Gasteiger partial charge < -0.3 is 5.32 Å². The molecule has 1 aliphatic rings. The first-order valence-corrected chi connectivity index (χ1v) is 8.25. The first kappa shape index (κ1) is 14.9. The van der Waals surface area contributed by atoms with Crippen LogP contribution in [-0.4, -0.2) is 43.6 Å². The summed E-state index contributed by atoms with van der Waals surface area (Å²) in [6, 6.07) is 0.245. The fourth-order valence-electron chi connectivity index (χ4n) is 2.52. The van der Waals surface area contributed by atoms with E-state index in [1.807, 2.05) is 13.8 Å². The molecule has 0 aromatic carbocycles. The molecule has 1 saturated carbocycles. The van der Waals surface area contributed by atoms with Gasteiger partial charge >= 0.3 is 0 Å². The summed E-state index contributed by atoms with van der Waals surface area (Å²) in [5.41, 5.74) is 0. The zero-order chi connectivity index (χ0) is 12.9. The molecular weight excluding hydrogens is 236 g/mol. The van der Waals surface area contributed by atoms with Gasteiger partial charge in [-0.05, 0) is 26.3 Å². The summed E-state index contributed by atoms with van der Waals surface area (Å²) in [5.74, 6) is 0. The first-order chi connectivity index (χ1) is 8.04. The molecule has 0 radical (unpaired) electrons. The highest BCUT2D eigenvalue weighted by atomic mass is 32.2. The molecule has 17 heavy (non-hydrogen) atoms. The Morgan fingerprint density at radius 2 is 1.88 bits per heavy atom. The topological polar surface area (TPSA) is 49.4 Å². The molecule has 1 rings (SSSR count). The highest BCUT2D eigenvalue weighted by Crippen LogP contribution is 2.26. The molecule has 0 saturated heterocycles. The maximum atomic E-state index is 12.4. The van der Waals surface area contributed by atoms with Crippen molar-refractivity contribution in [2.45, 2.75) is 57.7 Å². The van der Waals surface area contributed by atoms with Gasteiger partial charge in [0.2, 0.25) is 10.0 Å². The zero-order valence-electron chi connectivity index (χ0n) is 11.3. The van der Waals surface area contributed by atoms with Crippen molar-refractivity contribution in [2.75, 3.05) is 19.6 Å². The van der Waals surface area contributed by atoms with Crippen LogP contribution in [0.15, 0.2) is 0 Å². The Morgan fingerprint density at radius 1 is 1.29 bits per heavy atom. The molecule has 1 unspecified atom stereocenters. The van der Waals surface area contributed by atoms with Gasteiger partial charge in [-0.2, -0.15) is 4.31 Å². The van der Waals surface area contributed by atoms with E-state index in [9.17, 15) is 8.42 Å². The lowest BCUT2D eigenvalue weighted by Crippen LogP contribution is -2.46. The molecule has 1 N–H and O–H groups in total. The summed E-state index contributed by atoms with van der Waals surface area (Å²) in [4.78, 5) is 0. The molecule has 0 spiro atoms. The first-order valence-electron chi connectivity index (χ1n) is 6.75. The standard InChI is InChI=1S/C12H26N2O2S/c1-4-13-10-11(3)17(15,16)14(5-2)12-8-6-7-9-12/h11-13H,4-10H2,1-3H3. The Morgan fingerprint density at radius 3 is 2.35 bits per heavy atom. The maximum Gasteiger partial charge on any atom is 0.218 e. The largest absolute Gasteiger partial charge is 0.316 e. The van der Waals surface area contributed by atoms with Crippen LogP contribution in [0.3, 0.4) is 0 Å². The predicted octanol–water partition coefficient (Wildman–Crippen LogP) is 1.58. The molecule has 0 aromatic heterocycles. The molecule has 0 aliphatic heterocycles. The monoisotopic (exact) mass is 262 g/mol. The number of hydrogen-bond donors (Lipinski definition) is 1. The lowest BCUT2D eigenvalue weighted by molar-refractivity contribution is 0.331. The minimum Gasteiger partial charge on any atom is -0.316 e. The summed E-state index contributed by atoms with van der Waals surface area (Å²) in [6.07, 6.45) is 4.39. The summed E-state index contributed by atoms with van der Waals surface area (Å²) in [7, 11) is -3.14. The van der Waals surface area contributed by atoms with E-state index in [1.54, 1.807) is 11.2 Å². The van der Waals surface area contributed by atoms with Gasteiger partial charge in [-0.1, -0.05) is 26.7 Å². The summed E-state index contributed by atoms with van der Waals surface area (Å²) < 4.78 is 26.6. The number of nitrogens with zero attached hydrogens (tertiary/aromatic N) is 1. The second-order valence-corrected chi connectivity index (χ2v) is 7.11. The van der Waals surface area contributed by atoms with Crippen molar-refractivity contribution in [2.24, 2.45) is 0 Å². The molecule has 0 amide bonds. The van der Waals surface area contributed by atoms with Gasteiger partial charge in [0.05, 0.1) is 5.25 Å². The highest BCUT2D eigenvalue weighted by molar-refractivity contribution is 7.89. The Kier molecular flexibility index (Phi) is 5.89. The van der Waals surface area contributed by atoms with E-state index in [-0.39, 0.29) is 11.3 Å². The minimum absolute atomic E-state index is 0.245. The second kappa shape index (κ2) is 6.71. The Hall–Kier alpha value is -0.130. The van der Waals surface area contributed by atoms with Crippen LogP contribution in [0.5, 0.6) is 0 Å². The van der Waals surface area contributed by atoms with Crippen molar-refractivity contribution in [1.29, 1.82) is 0 Å². The lowest BCUT2D eigenvalue weighted by Gasteiger charge is -2.29. The van der Waals surface area contributed by atoms with Crippen molar-refractivity contribution < 1.29 is 8.42 Å². The molecule has 5 heteroatoms. The van der Waals surface area contributed by atoms with Crippen molar-refractivity contribution in [3.8, 4) is 0 Å². The van der Waals surface area contributed by atoms with E-state index >= 15 is 0 Å². The van der Waals surface area contributed by atoms with Crippen LogP contribution in [0.4, 0.5) is 0 Å². The molecule has 1 fully saturated rings. The summed E-state index contributed by atoms with van der Waals surface area (Å²) >= 11 is 0. The summed E-state index contributed by atoms with van der Waals surface area (Å²) in [5, 5.41) is 2.79. The van der Waals surface area contributed by atoms with Crippen molar-refractivity contribution in [3.05, 3.63) is 0 Å². The van der Waals surface area contributed by atoms with E-state index in [0.717, 1.165) is 32.2 Å². The Bertz CT molecular complexity index is 310. The van der Waals surface area contributed by atoms with Crippen LogP contribution < -0.4 is 5.32 Å². The van der Waals surface area contributed by atoms with Crippen molar-refractivity contribution >= 4 is 10.0 Å². The highest BCUT2D eigenvalue weighted by Gasteiger charge is 2.34. The molecular formula is C12H26N2O2S. The molecule has 4 nitrogen and oxygen atoms in total. The molecule has 1 aliphatic carbocycles. The SMILES string of the molecule is CCNCC(C)S(=O)(=O)N(CC)C1CCCC1. The van der Waals surface area contributed by atoms with Crippen LogP contribution in [0, 0.1) is 0 Å². The molecule has 0 heterocycles. The van der Waals surface area contributed by atoms with Gasteiger partial charge in [0.15, 0.2) is 0 Å². The van der Waals surface area contributed by atoms with Crippen LogP contribution in [-0.2, 0) is 10.0 Å². The normalized spacial score (nSPS) is 20.0. The third-order valence-electron chi connectivity index (χ3n) is 3.56. The Balaban J connectivity index is 2.70. The van der Waals surface area contributed by atoms with Crippen molar-refractivity contribution in [1.82, 2.24) is 9.62 Å². The van der Waals surface area contributed by atoms with Crippen LogP contribution in [0.1, 0.15) is 46.5 Å². The smallest absolute Gasteiger partial charge is 0.218 e. The van der Waals surface area contributed by atoms with E-state index in [4.69, 9.17) is 0 Å². The number of sulfonamides is 1. The van der Waals surface area contributed by atoms with Gasteiger partial charge in [0.1, 0.15) is 0 Å². The second-order valence-electron chi connectivity index (χ2n) is 4.80. The van der Waals surface area contributed by atoms with Gasteiger partial charge in [-0.3, -0.25) is 0 Å². The van der Waals surface area contributed by atoms with E-state index in [1.165, 1.54) is 0 Å². The molecule has 102 valence electrons. The zero-order valence-corrected chi connectivity index (χ0v) is 12.1.